The summed E-state index contributed by atoms with van der Waals surface area (Å²) >= 11 is 5.42. The summed E-state index contributed by atoms with van der Waals surface area (Å²) in [5, 5.41) is 5.40. The second-order valence-electron chi connectivity index (χ2n) is 10.9. The number of hydrogen-bond donors (Lipinski definition) is 3. The zero-order valence-corrected chi connectivity index (χ0v) is 34.8. The number of carbonyl (C=O) groups is 5. The first kappa shape index (κ1) is 53.4. The molecule has 1 saturated carbocycles. The second-order valence-corrected chi connectivity index (χ2v) is 13.4. The fourth-order valence-corrected chi connectivity index (χ4v) is 5.36. The zero-order valence-electron chi connectivity index (χ0n) is 32.3. The van der Waals surface area contributed by atoms with Gasteiger partial charge >= 0.3 is 5.97 Å². The molecular formula is C35H71N3O7S3. The van der Waals surface area contributed by atoms with Crippen LogP contribution in [0, 0.1) is 5.41 Å². The molecule has 1 aliphatic carbocycles. The first-order chi connectivity index (χ1) is 22.9. The van der Waals surface area contributed by atoms with Crippen molar-refractivity contribution in [1.82, 2.24) is 15.5 Å². The second kappa shape index (κ2) is 36.8. The largest absolute Gasteiger partial charge is 0.463 e. The average molecular weight is 742 g/mol. The van der Waals surface area contributed by atoms with Crippen LogP contribution < -0.4 is 10.6 Å². The minimum atomic E-state index is -0.653. The smallest absolute Gasteiger partial charge is 0.302 e. The SMILES string of the molecule is CC.CC.CC.CC(=O)OC1CCCCC1.CCC(SC)C(=O)N(C=O)CCNC(=O)C(C)(C)CCOC(C)CCNC(=O)CCSS. The van der Waals surface area contributed by atoms with Crippen LogP contribution in [0.4, 0.5) is 0 Å². The first-order valence-corrected chi connectivity index (χ1v) is 21.1. The number of esters is 1. The Labute approximate surface area is 307 Å². The van der Waals surface area contributed by atoms with Crippen LogP contribution in [0.3, 0.4) is 0 Å². The molecule has 2 unspecified atom stereocenters. The summed E-state index contributed by atoms with van der Waals surface area (Å²) in [5.74, 6) is 0.163. The Bertz CT molecular complexity index is 810. The Hall–Kier alpha value is -1.44. The van der Waals surface area contributed by atoms with Crippen LogP contribution in [-0.2, 0) is 33.4 Å². The van der Waals surface area contributed by atoms with Crippen molar-refractivity contribution in [1.29, 1.82) is 0 Å². The molecule has 0 bridgehead atoms. The molecule has 1 fully saturated rings. The third kappa shape index (κ3) is 29.5. The Morgan fingerprint density at radius 3 is 2.06 bits per heavy atom. The summed E-state index contributed by atoms with van der Waals surface area (Å²) in [7, 11) is 1.34. The van der Waals surface area contributed by atoms with Crippen molar-refractivity contribution in [2.24, 2.45) is 5.41 Å². The quantitative estimate of drug-likeness (QED) is 0.0534. The van der Waals surface area contributed by atoms with E-state index in [1.165, 1.54) is 48.7 Å². The highest BCUT2D eigenvalue weighted by molar-refractivity contribution is 8.68. The Kier molecular flexibility index (Phi) is 40.9. The number of hydrogen-bond acceptors (Lipinski definition) is 10. The fourth-order valence-electron chi connectivity index (χ4n) is 4.14. The maximum Gasteiger partial charge on any atom is 0.302 e. The number of imide groups is 1. The molecule has 1 rings (SSSR count). The van der Waals surface area contributed by atoms with Gasteiger partial charge in [-0.3, -0.25) is 28.9 Å². The molecule has 0 aromatic heterocycles. The Morgan fingerprint density at radius 2 is 1.58 bits per heavy atom. The summed E-state index contributed by atoms with van der Waals surface area (Å²) in [6.45, 7) is 22.3. The van der Waals surface area contributed by atoms with Crippen molar-refractivity contribution in [3.63, 3.8) is 0 Å². The van der Waals surface area contributed by atoms with E-state index in [0.717, 1.165) is 17.7 Å². The molecular weight excluding hydrogens is 671 g/mol. The van der Waals surface area contributed by atoms with Crippen molar-refractivity contribution in [3.05, 3.63) is 0 Å². The number of carbonyl (C=O) groups excluding carboxylic acids is 5. The lowest BCUT2D eigenvalue weighted by Gasteiger charge is -2.25. The number of nitrogens with one attached hydrogen (secondary N) is 2. The molecule has 286 valence electrons. The van der Waals surface area contributed by atoms with Gasteiger partial charge in [-0.1, -0.05) is 79.5 Å². The van der Waals surface area contributed by atoms with Crippen molar-refractivity contribution < 1.29 is 33.4 Å². The molecule has 1 aliphatic rings. The minimum absolute atomic E-state index is 0.00469. The molecule has 0 spiro atoms. The zero-order chi connectivity index (χ0) is 38.0. The molecule has 13 heteroatoms. The van der Waals surface area contributed by atoms with Crippen LogP contribution in [-0.4, -0.2) is 90.7 Å². The highest BCUT2D eigenvalue weighted by Gasteiger charge is 2.28. The van der Waals surface area contributed by atoms with Crippen LogP contribution >= 0.6 is 34.2 Å². The van der Waals surface area contributed by atoms with E-state index in [1.807, 2.05) is 75.5 Å². The highest BCUT2D eigenvalue weighted by Crippen LogP contribution is 2.21. The van der Waals surface area contributed by atoms with Gasteiger partial charge in [-0.05, 0) is 58.1 Å². The van der Waals surface area contributed by atoms with Gasteiger partial charge in [0.05, 0.1) is 11.4 Å². The van der Waals surface area contributed by atoms with E-state index in [2.05, 4.69) is 22.3 Å². The topological polar surface area (TPSA) is 131 Å². The standard InChI is InChI=1S/C21H39N3O5S3.C8H14O2.3C2H6/c1-6-17(31-5)19(27)24(15-25)12-11-23-20(28)21(3,4)9-13-29-16(2)7-10-22-18(26)8-14-32-30;1-7(9)10-8-5-3-2-4-6-8;3*1-2/h15-17,30H,6-14H2,1-5H3,(H,22,26)(H,23,28);8H,2-6H2,1H3;3*1-2H3. The van der Waals surface area contributed by atoms with E-state index in [9.17, 15) is 24.0 Å². The molecule has 0 aromatic rings. The van der Waals surface area contributed by atoms with Gasteiger partial charge in [0.1, 0.15) is 6.10 Å². The summed E-state index contributed by atoms with van der Waals surface area (Å²) < 4.78 is 10.8. The summed E-state index contributed by atoms with van der Waals surface area (Å²) in [4.78, 5) is 59.3. The lowest BCUT2D eigenvalue weighted by Crippen LogP contribution is -2.44. The van der Waals surface area contributed by atoms with Gasteiger partial charge < -0.3 is 20.1 Å². The normalized spacial score (nSPS) is 13.4. The third-order valence-corrected chi connectivity index (χ3v) is 8.94. The van der Waals surface area contributed by atoms with Crippen LogP contribution in [0.1, 0.15) is 134 Å². The van der Waals surface area contributed by atoms with Crippen LogP contribution in [0.5, 0.6) is 0 Å². The van der Waals surface area contributed by atoms with Gasteiger partial charge in [0.2, 0.25) is 24.1 Å². The van der Waals surface area contributed by atoms with Gasteiger partial charge in [-0.25, -0.2) is 0 Å². The van der Waals surface area contributed by atoms with E-state index in [-0.39, 0.29) is 54.2 Å². The first-order valence-electron chi connectivity index (χ1n) is 17.8. The predicted octanol–water partition coefficient (Wildman–Crippen LogP) is 7.49. The summed E-state index contributed by atoms with van der Waals surface area (Å²) in [6.07, 6.45) is 10.7. The van der Waals surface area contributed by atoms with Crippen molar-refractivity contribution in [2.45, 2.75) is 151 Å². The minimum Gasteiger partial charge on any atom is -0.463 e. The van der Waals surface area contributed by atoms with Crippen LogP contribution in [0.25, 0.3) is 0 Å². The maximum atomic E-state index is 12.5. The van der Waals surface area contributed by atoms with Gasteiger partial charge in [0.25, 0.3) is 0 Å². The third-order valence-electron chi connectivity index (χ3n) is 6.90. The number of thiol groups is 1. The van der Waals surface area contributed by atoms with Gasteiger partial charge in [0, 0.05) is 50.8 Å². The van der Waals surface area contributed by atoms with E-state index in [0.29, 0.717) is 51.0 Å². The molecule has 0 radical (unpaired) electrons. The molecule has 2 N–H and O–H groups in total. The van der Waals surface area contributed by atoms with E-state index >= 15 is 0 Å². The van der Waals surface area contributed by atoms with E-state index in [1.54, 1.807) is 0 Å². The van der Waals surface area contributed by atoms with Gasteiger partial charge in [-0.15, -0.1) is 11.7 Å². The highest BCUT2D eigenvalue weighted by atomic mass is 33.1. The molecule has 0 aromatic carbocycles. The Morgan fingerprint density at radius 1 is 1.00 bits per heavy atom. The summed E-state index contributed by atoms with van der Waals surface area (Å²) in [5.41, 5.74) is -0.653. The number of thioether (sulfide) groups is 1. The van der Waals surface area contributed by atoms with Crippen molar-refractivity contribution in [2.75, 3.05) is 38.2 Å². The Balaban J connectivity index is -0.000000498. The molecule has 10 nitrogen and oxygen atoms in total. The molecule has 0 aliphatic heterocycles. The van der Waals surface area contributed by atoms with E-state index < -0.39 is 5.41 Å². The fraction of sp³-hybridized carbons (Fsp3) is 0.857. The van der Waals surface area contributed by atoms with Crippen molar-refractivity contribution >= 4 is 64.3 Å². The lowest BCUT2D eigenvalue weighted by molar-refractivity contribution is -0.147. The molecule has 48 heavy (non-hydrogen) atoms. The van der Waals surface area contributed by atoms with Gasteiger partial charge in [-0.2, -0.15) is 11.8 Å². The van der Waals surface area contributed by atoms with Crippen LogP contribution in [0.15, 0.2) is 0 Å². The number of ether oxygens (including phenoxy) is 2. The summed E-state index contributed by atoms with van der Waals surface area (Å²) in [6, 6.07) is 0. The van der Waals surface area contributed by atoms with Crippen molar-refractivity contribution in [3.8, 4) is 0 Å². The van der Waals surface area contributed by atoms with Gasteiger partial charge in [0.15, 0.2) is 0 Å². The molecule has 0 heterocycles. The average Bonchev–Trinajstić information content (AvgIpc) is 3.09. The molecule has 4 amide bonds. The number of amides is 4. The lowest BCUT2D eigenvalue weighted by atomic mass is 9.88. The molecule has 0 saturated heterocycles. The molecule has 2 atom stereocenters. The number of rotatable bonds is 19. The maximum absolute atomic E-state index is 12.5. The number of nitrogens with zero attached hydrogens (tertiary/aromatic N) is 1. The van der Waals surface area contributed by atoms with Crippen LogP contribution in [0.2, 0.25) is 0 Å². The van der Waals surface area contributed by atoms with E-state index in [4.69, 9.17) is 9.47 Å². The predicted molar refractivity (Wildman–Crippen MR) is 209 cm³/mol. The monoisotopic (exact) mass is 741 g/mol.